The molecule has 1 unspecified atom stereocenters. The molecule has 1 rings (SSSR count). The van der Waals surface area contributed by atoms with Gasteiger partial charge in [0, 0.05) is 5.88 Å². The largest absolute Gasteiger partial charge is 0.466 e. The summed E-state index contributed by atoms with van der Waals surface area (Å²) in [5, 5.41) is 6.00. The van der Waals surface area contributed by atoms with E-state index in [4.69, 9.17) is 16.3 Å². The molecule has 7 nitrogen and oxygen atoms in total. The highest BCUT2D eigenvalue weighted by atomic mass is 35.5. The fourth-order valence-electron chi connectivity index (χ4n) is 0.991. The molecule has 0 aliphatic carbocycles. The van der Waals surface area contributed by atoms with E-state index >= 15 is 0 Å². The third-order valence-corrected chi connectivity index (χ3v) is 3.71. The van der Waals surface area contributed by atoms with Gasteiger partial charge in [0.15, 0.2) is 0 Å². The van der Waals surface area contributed by atoms with Crippen molar-refractivity contribution in [3.63, 3.8) is 0 Å². The van der Waals surface area contributed by atoms with Crippen LogP contribution in [0, 0.1) is 5.92 Å². The zero-order valence-electron chi connectivity index (χ0n) is 8.90. The Morgan fingerprint density at radius 2 is 2.31 bits per heavy atom. The van der Waals surface area contributed by atoms with Crippen LogP contribution in [0.5, 0.6) is 6.01 Å². The SMILES string of the molecule is COc1n[nH]c(NS(=O)(=O)CC(C)CCl)n1. The molecule has 16 heavy (non-hydrogen) atoms. The minimum Gasteiger partial charge on any atom is -0.466 e. The van der Waals surface area contributed by atoms with Gasteiger partial charge in [0.05, 0.1) is 12.9 Å². The lowest BCUT2D eigenvalue weighted by molar-refractivity contribution is 0.382. The molecule has 0 saturated heterocycles. The first-order valence-corrected chi connectivity index (χ1v) is 6.68. The Hall–Kier alpha value is -1.02. The number of sulfonamides is 1. The first-order chi connectivity index (χ1) is 7.46. The number of rotatable bonds is 6. The van der Waals surface area contributed by atoms with E-state index in [-0.39, 0.29) is 29.5 Å². The Morgan fingerprint density at radius 3 is 2.81 bits per heavy atom. The fraction of sp³-hybridized carbons (Fsp3) is 0.714. The van der Waals surface area contributed by atoms with Crippen LogP contribution >= 0.6 is 11.6 Å². The Balaban J connectivity index is 2.65. The number of aromatic nitrogens is 3. The van der Waals surface area contributed by atoms with Crippen LogP contribution in [0.1, 0.15) is 6.92 Å². The highest BCUT2D eigenvalue weighted by Crippen LogP contribution is 2.09. The van der Waals surface area contributed by atoms with Gasteiger partial charge in [0.1, 0.15) is 0 Å². The summed E-state index contributed by atoms with van der Waals surface area (Å²) in [7, 11) is -2.08. The summed E-state index contributed by atoms with van der Waals surface area (Å²) in [6.07, 6.45) is 0. The molecule has 0 aliphatic rings. The normalized spacial score (nSPS) is 13.4. The number of anilines is 1. The van der Waals surface area contributed by atoms with Crippen LogP contribution in [0.15, 0.2) is 0 Å². The number of nitrogens with zero attached hydrogens (tertiary/aromatic N) is 2. The van der Waals surface area contributed by atoms with Crippen molar-refractivity contribution >= 4 is 27.6 Å². The third kappa shape index (κ3) is 3.86. The summed E-state index contributed by atoms with van der Waals surface area (Å²) in [5.41, 5.74) is 0. The summed E-state index contributed by atoms with van der Waals surface area (Å²) >= 11 is 5.54. The molecule has 0 radical (unpaired) electrons. The van der Waals surface area contributed by atoms with Gasteiger partial charge in [-0.2, -0.15) is 4.98 Å². The maximum absolute atomic E-state index is 11.6. The Morgan fingerprint density at radius 1 is 1.62 bits per heavy atom. The molecular weight excluding hydrogens is 256 g/mol. The van der Waals surface area contributed by atoms with Crippen LogP contribution in [-0.4, -0.2) is 42.3 Å². The van der Waals surface area contributed by atoms with E-state index in [1.807, 2.05) is 0 Å². The van der Waals surface area contributed by atoms with Gasteiger partial charge in [0.25, 0.3) is 0 Å². The smallest absolute Gasteiger partial charge is 0.336 e. The molecule has 1 heterocycles. The van der Waals surface area contributed by atoms with Crippen molar-refractivity contribution in [3.05, 3.63) is 0 Å². The van der Waals surface area contributed by atoms with Crippen molar-refractivity contribution in [2.75, 3.05) is 23.5 Å². The first-order valence-electron chi connectivity index (χ1n) is 4.49. The van der Waals surface area contributed by atoms with Gasteiger partial charge in [-0.3, -0.25) is 4.72 Å². The summed E-state index contributed by atoms with van der Waals surface area (Å²) < 4.78 is 30.1. The first kappa shape index (κ1) is 13.0. The molecular formula is C7H13ClN4O3S. The molecule has 2 N–H and O–H groups in total. The number of ether oxygens (including phenoxy) is 1. The topological polar surface area (TPSA) is 97.0 Å². The van der Waals surface area contributed by atoms with Crippen molar-refractivity contribution in [1.82, 2.24) is 15.2 Å². The van der Waals surface area contributed by atoms with E-state index in [2.05, 4.69) is 19.9 Å². The van der Waals surface area contributed by atoms with Gasteiger partial charge in [0.2, 0.25) is 16.0 Å². The Kier molecular flexibility index (Phi) is 4.36. The van der Waals surface area contributed by atoms with Gasteiger partial charge >= 0.3 is 6.01 Å². The average Bonchev–Trinajstić information content (AvgIpc) is 2.63. The van der Waals surface area contributed by atoms with Crippen LogP contribution in [0.25, 0.3) is 0 Å². The molecule has 0 fully saturated rings. The number of nitrogens with one attached hydrogen (secondary N) is 2. The molecule has 1 aromatic heterocycles. The number of hydrogen-bond acceptors (Lipinski definition) is 5. The fourth-order valence-corrected chi connectivity index (χ4v) is 2.57. The van der Waals surface area contributed by atoms with Gasteiger partial charge in [-0.1, -0.05) is 6.92 Å². The molecule has 0 aromatic carbocycles. The quantitative estimate of drug-likeness (QED) is 0.729. The summed E-state index contributed by atoms with van der Waals surface area (Å²) in [4.78, 5) is 3.73. The number of halogens is 1. The number of H-pyrrole nitrogens is 1. The second-order valence-corrected chi connectivity index (χ2v) is 5.39. The number of aromatic amines is 1. The van der Waals surface area contributed by atoms with Crippen molar-refractivity contribution in [3.8, 4) is 6.01 Å². The van der Waals surface area contributed by atoms with Crippen LogP contribution in [-0.2, 0) is 10.0 Å². The van der Waals surface area contributed by atoms with Crippen molar-refractivity contribution in [2.24, 2.45) is 5.92 Å². The molecule has 0 spiro atoms. The molecule has 1 atom stereocenters. The van der Waals surface area contributed by atoms with Crippen molar-refractivity contribution < 1.29 is 13.2 Å². The van der Waals surface area contributed by atoms with Gasteiger partial charge in [-0.05, 0) is 5.92 Å². The zero-order chi connectivity index (χ0) is 12.2. The number of methoxy groups -OCH3 is 1. The lowest BCUT2D eigenvalue weighted by atomic mass is 10.3. The monoisotopic (exact) mass is 268 g/mol. The summed E-state index contributed by atoms with van der Waals surface area (Å²) in [6.45, 7) is 1.74. The van der Waals surface area contributed by atoms with E-state index in [0.717, 1.165) is 0 Å². The van der Waals surface area contributed by atoms with Gasteiger partial charge in [-0.15, -0.1) is 16.7 Å². The van der Waals surface area contributed by atoms with Crippen LogP contribution < -0.4 is 9.46 Å². The zero-order valence-corrected chi connectivity index (χ0v) is 10.5. The van der Waals surface area contributed by atoms with E-state index in [0.29, 0.717) is 0 Å². The van der Waals surface area contributed by atoms with Crippen molar-refractivity contribution in [1.29, 1.82) is 0 Å². The van der Waals surface area contributed by atoms with Crippen LogP contribution in [0.3, 0.4) is 0 Å². The minimum atomic E-state index is -3.46. The molecule has 92 valence electrons. The standard InChI is InChI=1S/C7H13ClN4O3S/c1-5(3-8)4-16(13,14)12-6-9-7(15-2)11-10-6/h5H,3-4H2,1-2H3,(H2,9,10,11,12). The second-order valence-electron chi connectivity index (χ2n) is 3.31. The van der Waals surface area contributed by atoms with Gasteiger partial charge < -0.3 is 4.74 Å². The molecule has 9 heteroatoms. The van der Waals surface area contributed by atoms with Gasteiger partial charge in [-0.25, -0.2) is 13.5 Å². The Bertz CT molecular complexity index is 433. The minimum absolute atomic E-state index is 0.0265. The molecule has 0 aliphatic heterocycles. The summed E-state index contributed by atoms with van der Waals surface area (Å²) in [5.74, 6) is 0.0998. The van der Waals surface area contributed by atoms with E-state index in [1.54, 1.807) is 6.92 Å². The van der Waals surface area contributed by atoms with Crippen molar-refractivity contribution in [2.45, 2.75) is 6.92 Å². The Labute approximate surface area is 98.6 Å². The molecule has 1 aromatic rings. The maximum Gasteiger partial charge on any atom is 0.336 e. The number of hydrogen-bond donors (Lipinski definition) is 2. The number of alkyl halides is 1. The highest BCUT2D eigenvalue weighted by molar-refractivity contribution is 7.92. The lowest BCUT2D eigenvalue weighted by Gasteiger charge is -2.08. The van der Waals surface area contributed by atoms with Crippen LogP contribution in [0.2, 0.25) is 0 Å². The predicted octanol–water partition coefficient (Wildman–Crippen LogP) is 0.430. The third-order valence-electron chi connectivity index (χ3n) is 1.67. The second kappa shape index (κ2) is 5.35. The summed E-state index contributed by atoms with van der Waals surface area (Å²) in [6, 6.07) is 0.0723. The van der Waals surface area contributed by atoms with E-state index in [9.17, 15) is 8.42 Å². The maximum atomic E-state index is 11.6. The highest BCUT2D eigenvalue weighted by Gasteiger charge is 2.17. The van der Waals surface area contributed by atoms with Crippen LogP contribution in [0.4, 0.5) is 5.95 Å². The lowest BCUT2D eigenvalue weighted by Crippen LogP contribution is -2.22. The molecule has 0 bridgehead atoms. The predicted molar refractivity (Wildman–Crippen MR) is 60.2 cm³/mol. The average molecular weight is 269 g/mol. The van der Waals surface area contributed by atoms with E-state index < -0.39 is 10.0 Å². The molecule has 0 saturated carbocycles. The molecule has 0 amide bonds. The van der Waals surface area contributed by atoms with E-state index in [1.165, 1.54) is 7.11 Å².